The molecule has 0 aromatic rings. The number of rotatable bonds is 1. The molecule has 4 nitrogen and oxygen atoms in total. The summed E-state index contributed by atoms with van der Waals surface area (Å²) < 4.78 is 0. The molecule has 0 unspecified atom stereocenters. The summed E-state index contributed by atoms with van der Waals surface area (Å²) in [6.45, 7) is 1.60. The van der Waals surface area contributed by atoms with Gasteiger partial charge in [-0.15, -0.1) is 0 Å². The molecule has 0 spiro atoms. The minimum Gasteiger partial charge on any atom is -0.481 e. The van der Waals surface area contributed by atoms with Gasteiger partial charge in [0, 0.05) is 6.42 Å². The van der Waals surface area contributed by atoms with Crippen LogP contribution in [0.25, 0.3) is 0 Å². The van der Waals surface area contributed by atoms with Crippen LogP contribution < -0.4 is 12.3 Å². The van der Waals surface area contributed by atoms with E-state index in [1.165, 1.54) is 0 Å². The van der Waals surface area contributed by atoms with E-state index in [2.05, 4.69) is 0 Å². The molecule has 0 atom stereocenters. The van der Waals surface area contributed by atoms with E-state index in [0.29, 0.717) is 0 Å². The summed E-state index contributed by atoms with van der Waals surface area (Å²) in [6.07, 6.45) is 0.222. The second kappa shape index (κ2) is 9.04. The first kappa shape index (κ1) is 16.2. The SMILES string of the molecule is CCC(=O)O.N.N. The van der Waals surface area contributed by atoms with Crippen molar-refractivity contribution in [3.8, 4) is 0 Å². The van der Waals surface area contributed by atoms with Crippen LogP contribution in [0.1, 0.15) is 13.3 Å². The fourth-order valence-corrected chi connectivity index (χ4v) is 0. The molecule has 0 rings (SSSR count). The van der Waals surface area contributed by atoms with Crippen molar-refractivity contribution in [2.45, 2.75) is 13.3 Å². The van der Waals surface area contributed by atoms with Crippen LogP contribution in [-0.4, -0.2) is 11.1 Å². The Balaban J connectivity index is -0.0000000800. The fourth-order valence-electron chi connectivity index (χ4n) is 0. The number of hydrogen-bond acceptors (Lipinski definition) is 3. The Morgan fingerprint density at radius 1 is 1.57 bits per heavy atom. The summed E-state index contributed by atoms with van der Waals surface area (Å²) in [4.78, 5) is 9.37. The van der Waals surface area contributed by atoms with E-state index in [1.54, 1.807) is 6.92 Å². The molecule has 7 N–H and O–H groups in total. The van der Waals surface area contributed by atoms with Gasteiger partial charge in [0.25, 0.3) is 0 Å². The summed E-state index contributed by atoms with van der Waals surface area (Å²) in [5.41, 5.74) is 0. The van der Waals surface area contributed by atoms with Crippen molar-refractivity contribution in [3.63, 3.8) is 0 Å². The van der Waals surface area contributed by atoms with Gasteiger partial charge in [-0.25, -0.2) is 0 Å². The predicted molar refractivity (Wildman–Crippen MR) is 28.0 cm³/mol. The van der Waals surface area contributed by atoms with Crippen LogP contribution >= 0.6 is 0 Å². The van der Waals surface area contributed by atoms with Crippen LogP contribution in [0.5, 0.6) is 0 Å². The average molecular weight is 108 g/mol. The smallest absolute Gasteiger partial charge is 0.303 e. The van der Waals surface area contributed by atoms with Crippen LogP contribution in [-0.2, 0) is 4.79 Å². The highest BCUT2D eigenvalue weighted by Gasteiger charge is 1.80. The Bertz CT molecular complexity index is 46.2. The summed E-state index contributed by atoms with van der Waals surface area (Å²) >= 11 is 0. The lowest BCUT2D eigenvalue weighted by Crippen LogP contribution is -1.86. The van der Waals surface area contributed by atoms with Crippen LogP contribution in [0.15, 0.2) is 0 Å². The molecule has 0 aliphatic carbocycles. The molecule has 0 saturated heterocycles. The lowest BCUT2D eigenvalue weighted by molar-refractivity contribution is -0.136. The van der Waals surface area contributed by atoms with Gasteiger partial charge in [0.15, 0.2) is 0 Å². The predicted octanol–water partition coefficient (Wildman–Crippen LogP) is 0.805. The molecular formula is C3H12N2O2. The molecule has 0 fully saturated rings. The normalized spacial score (nSPS) is 5.29. The van der Waals surface area contributed by atoms with Crippen LogP contribution in [0.2, 0.25) is 0 Å². The van der Waals surface area contributed by atoms with Crippen molar-refractivity contribution in [1.29, 1.82) is 0 Å². The van der Waals surface area contributed by atoms with E-state index < -0.39 is 5.97 Å². The first-order chi connectivity index (χ1) is 2.27. The number of aliphatic carboxylic acids is 1. The molecule has 0 aliphatic heterocycles. The molecular weight excluding hydrogens is 96.0 g/mol. The summed E-state index contributed by atoms with van der Waals surface area (Å²) in [6, 6.07) is 0. The van der Waals surface area contributed by atoms with Gasteiger partial charge in [0.2, 0.25) is 0 Å². The number of carboxylic acid groups (broad SMARTS) is 1. The van der Waals surface area contributed by atoms with Crippen LogP contribution in [0.4, 0.5) is 0 Å². The van der Waals surface area contributed by atoms with Crippen molar-refractivity contribution in [2.24, 2.45) is 0 Å². The minimum atomic E-state index is -0.745. The van der Waals surface area contributed by atoms with E-state index in [0.717, 1.165) is 0 Å². The zero-order valence-corrected chi connectivity index (χ0v) is 4.48. The van der Waals surface area contributed by atoms with Crippen LogP contribution in [0.3, 0.4) is 0 Å². The third kappa shape index (κ3) is 32.1. The maximum Gasteiger partial charge on any atom is 0.303 e. The van der Waals surface area contributed by atoms with Crippen molar-refractivity contribution < 1.29 is 9.90 Å². The highest BCUT2D eigenvalue weighted by atomic mass is 16.4. The molecule has 7 heavy (non-hydrogen) atoms. The van der Waals surface area contributed by atoms with Gasteiger partial charge in [-0.3, -0.25) is 4.79 Å². The second-order valence-electron chi connectivity index (χ2n) is 0.747. The first-order valence-electron chi connectivity index (χ1n) is 1.49. The zero-order valence-electron chi connectivity index (χ0n) is 4.48. The second-order valence-corrected chi connectivity index (χ2v) is 0.747. The molecule has 0 aliphatic rings. The molecule has 0 saturated carbocycles. The van der Waals surface area contributed by atoms with Crippen molar-refractivity contribution >= 4 is 5.97 Å². The molecule has 0 heterocycles. The summed E-state index contributed by atoms with van der Waals surface area (Å²) in [5.74, 6) is -0.745. The van der Waals surface area contributed by atoms with Gasteiger partial charge in [-0.1, -0.05) is 6.92 Å². The van der Waals surface area contributed by atoms with E-state index in [9.17, 15) is 4.79 Å². The Morgan fingerprint density at radius 2 is 1.71 bits per heavy atom. The fraction of sp³-hybridized carbons (Fsp3) is 0.667. The van der Waals surface area contributed by atoms with Gasteiger partial charge < -0.3 is 17.4 Å². The van der Waals surface area contributed by atoms with Gasteiger partial charge in [0.1, 0.15) is 0 Å². The number of carbonyl (C=O) groups is 1. The third-order valence-corrected chi connectivity index (χ3v) is 0.302. The molecule has 46 valence electrons. The lowest BCUT2D eigenvalue weighted by atomic mass is 10.5. The lowest BCUT2D eigenvalue weighted by Gasteiger charge is -1.71. The van der Waals surface area contributed by atoms with Crippen molar-refractivity contribution in [1.82, 2.24) is 12.3 Å². The molecule has 0 bridgehead atoms. The summed E-state index contributed by atoms with van der Waals surface area (Å²) in [7, 11) is 0. The van der Waals surface area contributed by atoms with Gasteiger partial charge >= 0.3 is 5.97 Å². The Hall–Kier alpha value is -0.610. The first-order valence-corrected chi connectivity index (χ1v) is 1.49. The molecule has 0 aromatic heterocycles. The number of hydrogen-bond donors (Lipinski definition) is 3. The van der Waals surface area contributed by atoms with Crippen molar-refractivity contribution in [2.75, 3.05) is 0 Å². The number of carboxylic acids is 1. The highest BCUT2D eigenvalue weighted by Crippen LogP contribution is 1.67. The van der Waals surface area contributed by atoms with Crippen LogP contribution in [0, 0.1) is 0 Å². The average Bonchev–Trinajstić information content (AvgIpc) is 1.38. The standard InChI is InChI=1S/C3H6O2.2H3N/c1-2-3(4)5;;/h2H2,1H3,(H,4,5);2*1H3. The monoisotopic (exact) mass is 108 g/mol. The van der Waals surface area contributed by atoms with Crippen molar-refractivity contribution in [3.05, 3.63) is 0 Å². The van der Waals surface area contributed by atoms with E-state index >= 15 is 0 Å². The molecule has 0 aromatic carbocycles. The molecule has 0 amide bonds. The van der Waals surface area contributed by atoms with E-state index in [4.69, 9.17) is 5.11 Å². The molecule has 4 heteroatoms. The van der Waals surface area contributed by atoms with E-state index in [1.807, 2.05) is 0 Å². The molecule has 0 radical (unpaired) electrons. The maximum atomic E-state index is 9.37. The summed E-state index contributed by atoms with van der Waals surface area (Å²) in [5, 5.41) is 7.72. The zero-order chi connectivity index (χ0) is 4.28. The third-order valence-electron chi connectivity index (χ3n) is 0.302. The Labute approximate surface area is 42.7 Å². The largest absolute Gasteiger partial charge is 0.481 e. The van der Waals surface area contributed by atoms with Gasteiger partial charge in [0.05, 0.1) is 0 Å². The maximum absolute atomic E-state index is 9.37. The Morgan fingerprint density at radius 3 is 1.71 bits per heavy atom. The quantitative estimate of drug-likeness (QED) is 0.461. The highest BCUT2D eigenvalue weighted by molar-refractivity contribution is 5.66. The topological polar surface area (TPSA) is 107 Å². The van der Waals surface area contributed by atoms with Gasteiger partial charge in [-0.2, -0.15) is 0 Å². The minimum absolute atomic E-state index is 0. The van der Waals surface area contributed by atoms with Gasteiger partial charge in [-0.05, 0) is 0 Å². The Kier molecular flexibility index (Phi) is 20.9. The van der Waals surface area contributed by atoms with E-state index in [-0.39, 0.29) is 18.7 Å².